The van der Waals surface area contributed by atoms with Gasteiger partial charge in [0.05, 0.1) is 5.25 Å². The highest BCUT2D eigenvalue weighted by molar-refractivity contribution is 8.83. The maximum Gasteiger partial charge on any atom is 0.154 e. The number of sulfone groups is 1. The highest BCUT2D eigenvalue weighted by Crippen LogP contribution is 2.43. The van der Waals surface area contributed by atoms with E-state index < -0.39 is 15.1 Å². The van der Waals surface area contributed by atoms with Gasteiger partial charge in [0.15, 0.2) is 9.84 Å². The van der Waals surface area contributed by atoms with Crippen molar-refractivity contribution in [3.63, 3.8) is 0 Å². The van der Waals surface area contributed by atoms with Gasteiger partial charge in [-0.1, -0.05) is 78.4 Å². The van der Waals surface area contributed by atoms with E-state index in [1.807, 2.05) is 54.1 Å². The molecule has 0 amide bonds. The van der Waals surface area contributed by atoms with Gasteiger partial charge >= 0.3 is 0 Å². The van der Waals surface area contributed by atoms with E-state index in [9.17, 15) is 8.42 Å². The van der Waals surface area contributed by atoms with Gasteiger partial charge in [-0.25, -0.2) is 13.4 Å². The topological polar surface area (TPSA) is 49.7 Å². The molecule has 2 atom stereocenters. The fraction of sp³-hybridized carbons (Fsp3) is 0.455. The minimum absolute atomic E-state index is 0.215. The van der Waals surface area contributed by atoms with E-state index in [4.69, 9.17) is 16.6 Å². The summed E-state index contributed by atoms with van der Waals surface area (Å²) in [7, 11) is 0.608. The third kappa shape index (κ3) is 6.25. The predicted molar refractivity (Wildman–Crippen MR) is 135 cm³/mol. The summed E-state index contributed by atoms with van der Waals surface area (Å²) < 4.78 is 25.7. The molecule has 2 unspecified atom stereocenters. The third-order valence-corrected chi connectivity index (χ3v) is 11.2. The Kier molecular flexibility index (Phi) is 8.30. The van der Waals surface area contributed by atoms with Crippen molar-refractivity contribution in [1.82, 2.24) is 4.31 Å². The zero-order valence-electron chi connectivity index (χ0n) is 17.7. The standard InChI is InChI=1S/C18H21ClN2O2S3.C4H8/c1-13-20-18(15-6-10-17(11-7-15)26(3,22)23)25(21(13)2)24-12-14-4-8-16(19)9-5-14;1-2-4-3-1/h4-10,17H,11-12H2,1-3H3;1-4H2. The number of allylic oxidation sites excluding steroid dienone is 1. The lowest BCUT2D eigenvalue weighted by molar-refractivity contribution is 0.504. The molecule has 0 spiro atoms. The van der Waals surface area contributed by atoms with Crippen LogP contribution in [-0.2, 0) is 15.6 Å². The second kappa shape index (κ2) is 10.5. The summed E-state index contributed by atoms with van der Waals surface area (Å²) in [6.45, 7) is 2.00. The molecule has 1 fully saturated rings. The molecule has 1 aromatic rings. The van der Waals surface area contributed by atoms with Crippen LogP contribution in [0.5, 0.6) is 0 Å². The monoisotopic (exact) mass is 484 g/mol. The van der Waals surface area contributed by atoms with Gasteiger partial charge in [0.2, 0.25) is 0 Å². The Morgan fingerprint density at radius 3 is 2.33 bits per heavy atom. The Balaban J connectivity index is 0.000000572. The molecule has 1 aliphatic heterocycles. The van der Waals surface area contributed by atoms with Crippen LogP contribution in [0, 0.1) is 0 Å². The summed E-state index contributed by atoms with van der Waals surface area (Å²) >= 11 is 5.96. The summed E-state index contributed by atoms with van der Waals surface area (Å²) in [5.41, 5.74) is 2.25. The first-order chi connectivity index (χ1) is 14.3. The second-order valence-corrected chi connectivity index (χ2v) is 13.9. The molecule has 4 rings (SSSR count). The van der Waals surface area contributed by atoms with E-state index in [1.54, 1.807) is 6.08 Å². The number of hydrogen-bond donors (Lipinski definition) is 0. The quantitative estimate of drug-likeness (QED) is 0.378. The van der Waals surface area contributed by atoms with Crippen LogP contribution in [0.4, 0.5) is 0 Å². The summed E-state index contributed by atoms with van der Waals surface area (Å²) in [5, 5.41) is 0.308. The van der Waals surface area contributed by atoms with Crippen molar-refractivity contribution in [3.05, 3.63) is 58.7 Å². The molecular weight excluding hydrogens is 456 g/mol. The van der Waals surface area contributed by atoms with Gasteiger partial charge in [-0.05, 0) is 40.7 Å². The van der Waals surface area contributed by atoms with Crippen LogP contribution in [0.3, 0.4) is 0 Å². The second-order valence-electron chi connectivity index (χ2n) is 7.64. The van der Waals surface area contributed by atoms with Gasteiger partial charge < -0.3 is 4.31 Å². The SMILES string of the molecule is C1CCC1.CC1=NC(C2=CCC(S(C)(=O)=O)C=C2)=S(SCc2ccc(Cl)cc2)N1C. The van der Waals surface area contributed by atoms with Crippen molar-refractivity contribution in [2.75, 3.05) is 13.3 Å². The Labute approximate surface area is 191 Å². The summed E-state index contributed by atoms with van der Waals surface area (Å²) in [5.74, 6) is 1.84. The predicted octanol–water partition coefficient (Wildman–Crippen LogP) is 6.03. The highest BCUT2D eigenvalue weighted by Gasteiger charge is 2.25. The molecule has 1 saturated carbocycles. The molecule has 2 aliphatic carbocycles. The first-order valence-corrected chi connectivity index (χ1v) is 15.1. The Morgan fingerprint density at radius 1 is 1.20 bits per heavy atom. The number of halogens is 1. The molecule has 30 heavy (non-hydrogen) atoms. The van der Waals surface area contributed by atoms with E-state index in [1.165, 1.54) is 37.5 Å². The number of hydrogen-bond acceptors (Lipinski definition) is 5. The van der Waals surface area contributed by atoms with Gasteiger partial charge in [0.1, 0.15) is 10.8 Å². The summed E-state index contributed by atoms with van der Waals surface area (Å²) in [6.07, 6.45) is 13.5. The van der Waals surface area contributed by atoms with Crippen LogP contribution >= 0.6 is 32.1 Å². The molecule has 0 bridgehead atoms. The fourth-order valence-corrected chi connectivity index (χ4v) is 7.86. The van der Waals surface area contributed by atoms with E-state index in [-0.39, 0.29) is 9.70 Å². The Hall–Kier alpha value is -1.02. The average molecular weight is 485 g/mol. The molecule has 164 valence electrons. The van der Waals surface area contributed by atoms with Crippen LogP contribution < -0.4 is 0 Å². The maximum atomic E-state index is 11.7. The zero-order valence-corrected chi connectivity index (χ0v) is 20.9. The van der Waals surface area contributed by atoms with Gasteiger partial charge in [-0.2, -0.15) is 0 Å². The largest absolute Gasteiger partial charge is 0.303 e. The molecule has 0 saturated heterocycles. The lowest BCUT2D eigenvalue weighted by atomic mass is 10.0. The van der Waals surface area contributed by atoms with E-state index in [0.29, 0.717) is 6.42 Å². The van der Waals surface area contributed by atoms with Crippen LogP contribution in [0.1, 0.15) is 44.6 Å². The first-order valence-electron chi connectivity index (χ1n) is 10.1. The van der Waals surface area contributed by atoms with E-state index in [2.05, 4.69) is 11.4 Å². The molecule has 3 aliphatic rings. The Bertz CT molecular complexity index is 988. The van der Waals surface area contributed by atoms with Crippen LogP contribution in [-0.4, -0.2) is 42.1 Å². The number of rotatable bonds is 5. The first kappa shape index (κ1) is 23.6. The Morgan fingerprint density at radius 2 is 1.83 bits per heavy atom. The number of aliphatic imine (C=N–C) groups is 1. The lowest BCUT2D eigenvalue weighted by Gasteiger charge is -2.19. The lowest BCUT2D eigenvalue weighted by Crippen LogP contribution is -2.19. The molecule has 4 nitrogen and oxygen atoms in total. The minimum atomic E-state index is -3.06. The summed E-state index contributed by atoms with van der Waals surface area (Å²) in [6, 6.07) is 7.89. The highest BCUT2D eigenvalue weighted by atomic mass is 35.5. The molecule has 1 aromatic carbocycles. The van der Waals surface area contributed by atoms with Crippen LogP contribution in [0.2, 0.25) is 5.02 Å². The zero-order chi connectivity index (χ0) is 21.7. The van der Waals surface area contributed by atoms with Crippen molar-refractivity contribution in [1.29, 1.82) is 0 Å². The number of benzene rings is 1. The smallest absolute Gasteiger partial charge is 0.154 e. The number of amidine groups is 1. The molecule has 0 radical (unpaired) electrons. The molecule has 0 N–H and O–H groups in total. The van der Waals surface area contributed by atoms with E-state index >= 15 is 0 Å². The van der Waals surface area contributed by atoms with Crippen molar-refractivity contribution in [3.8, 4) is 0 Å². The van der Waals surface area contributed by atoms with Gasteiger partial charge in [0, 0.05) is 29.7 Å². The molecule has 8 heteroatoms. The average Bonchev–Trinajstić information content (AvgIpc) is 2.94. The van der Waals surface area contributed by atoms with Crippen molar-refractivity contribution in [2.24, 2.45) is 4.99 Å². The minimum Gasteiger partial charge on any atom is -0.303 e. The summed E-state index contributed by atoms with van der Waals surface area (Å²) in [4.78, 5) is 5.77. The van der Waals surface area contributed by atoms with Crippen LogP contribution in [0.25, 0.3) is 0 Å². The number of nitrogens with zero attached hydrogens (tertiary/aromatic N) is 2. The molecule has 1 heterocycles. The van der Waals surface area contributed by atoms with Crippen molar-refractivity contribution >= 4 is 52.8 Å². The molecule has 0 aromatic heterocycles. The fourth-order valence-electron chi connectivity index (χ4n) is 2.84. The maximum absolute atomic E-state index is 11.7. The van der Waals surface area contributed by atoms with Crippen molar-refractivity contribution < 1.29 is 8.42 Å². The molecular formula is C22H29ClN2O2S3. The normalized spacial score (nSPS) is 23.3. The van der Waals surface area contributed by atoms with Gasteiger partial charge in [-0.3, -0.25) is 0 Å². The van der Waals surface area contributed by atoms with Gasteiger partial charge in [0.25, 0.3) is 0 Å². The van der Waals surface area contributed by atoms with Crippen molar-refractivity contribution in [2.45, 2.75) is 50.0 Å². The van der Waals surface area contributed by atoms with Gasteiger partial charge in [-0.15, -0.1) is 0 Å². The van der Waals surface area contributed by atoms with E-state index in [0.717, 1.165) is 27.2 Å². The third-order valence-electron chi connectivity index (χ3n) is 5.24. The van der Waals surface area contributed by atoms with Crippen LogP contribution in [0.15, 0.2) is 53.1 Å².